The molecule has 0 amide bonds. The zero-order valence-electron chi connectivity index (χ0n) is 8.33. The van der Waals surface area contributed by atoms with Crippen LogP contribution >= 0.6 is 0 Å². The fraction of sp³-hybridized carbons (Fsp3) is 0.273. The molecule has 0 saturated heterocycles. The normalized spacial score (nSPS) is 9.40. The third-order valence-corrected chi connectivity index (χ3v) is 1.27. The van der Waals surface area contributed by atoms with Crippen molar-refractivity contribution in [3.63, 3.8) is 0 Å². The van der Waals surface area contributed by atoms with Gasteiger partial charge in [-0.25, -0.2) is 0 Å². The van der Waals surface area contributed by atoms with Crippen LogP contribution in [-0.4, -0.2) is 0 Å². The molecule has 0 aromatic rings. The molecular weight excluding hydrogens is 366 g/mol. The second-order valence-electron chi connectivity index (χ2n) is 2.04. The fourth-order valence-electron chi connectivity index (χ4n) is 0.869. The predicted molar refractivity (Wildman–Crippen MR) is 48.2 cm³/mol. The van der Waals surface area contributed by atoms with Gasteiger partial charge in [0.25, 0.3) is 0 Å². The molecule has 0 N–H and O–H groups in total. The summed E-state index contributed by atoms with van der Waals surface area (Å²) in [7, 11) is 0. The maximum absolute atomic E-state index is 7.50. The molecule has 80 valence electrons. The van der Waals surface area contributed by atoms with Crippen LogP contribution in [0.3, 0.4) is 0 Å². The van der Waals surface area contributed by atoms with Gasteiger partial charge in [0.15, 0.2) is 0 Å². The summed E-state index contributed by atoms with van der Waals surface area (Å²) in [6.07, 6.45) is 11.0. The van der Waals surface area contributed by atoms with Gasteiger partial charge in [0.1, 0.15) is 0 Å². The van der Waals surface area contributed by atoms with Crippen LogP contribution in [0.4, 0.5) is 0 Å². The smallest absolute Gasteiger partial charge is 0 e. The molecule has 4 heteroatoms. The van der Waals surface area contributed by atoms with Gasteiger partial charge in [-0.15, -0.1) is 0 Å². The van der Waals surface area contributed by atoms with Gasteiger partial charge >= 0.3 is 33.9 Å². The Labute approximate surface area is 104 Å². The molecule has 3 nitrogen and oxygen atoms in total. The van der Waals surface area contributed by atoms with Crippen LogP contribution in [0, 0.1) is 26.4 Å². The quantitative estimate of drug-likeness (QED) is 0.524. The van der Waals surface area contributed by atoms with Crippen molar-refractivity contribution in [1.82, 2.24) is 0 Å². The van der Waals surface area contributed by atoms with Crippen molar-refractivity contribution in [3.05, 3.63) is 50.2 Å². The molecule has 0 aromatic carbocycles. The zero-order chi connectivity index (χ0) is 11.8. The SMILES string of the molecule is CCCC1=CC=C[CH]1.[C-]#[O+].[C-]#[O+].[C-]#[O+].[Re]. The number of rotatable bonds is 2. The fourth-order valence-corrected chi connectivity index (χ4v) is 0.869. The van der Waals surface area contributed by atoms with Gasteiger partial charge in [-0.3, -0.25) is 0 Å². The van der Waals surface area contributed by atoms with E-state index in [-0.39, 0.29) is 20.4 Å². The van der Waals surface area contributed by atoms with E-state index in [0.717, 1.165) is 0 Å². The van der Waals surface area contributed by atoms with Crippen LogP contribution in [-0.2, 0) is 34.4 Å². The molecule has 1 aliphatic carbocycles. The molecule has 0 saturated carbocycles. The summed E-state index contributed by atoms with van der Waals surface area (Å²) in [4.78, 5) is 0. The molecule has 0 atom stereocenters. The van der Waals surface area contributed by atoms with Crippen molar-refractivity contribution in [3.8, 4) is 0 Å². The summed E-state index contributed by atoms with van der Waals surface area (Å²) in [5.74, 6) is 0. The van der Waals surface area contributed by atoms with Gasteiger partial charge in [-0.2, -0.15) is 0 Å². The van der Waals surface area contributed by atoms with E-state index in [4.69, 9.17) is 14.0 Å². The molecule has 0 aliphatic heterocycles. The Morgan fingerprint density at radius 2 is 1.47 bits per heavy atom. The Balaban J connectivity index is -0.0000000755. The monoisotopic (exact) mass is 378 g/mol. The van der Waals surface area contributed by atoms with Crippen LogP contribution in [0.5, 0.6) is 0 Å². The third kappa shape index (κ3) is 19.7. The van der Waals surface area contributed by atoms with Crippen LogP contribution in [0.2, 0.25) is 0 Å². The minimum absolute atomic E-state index is 0. The molecule has 2 radical (unpaired) electrons. The first-order valence-electron chi connectivity index (χ1n) is 3.75. The van der Waals surface area contributed by atoms with Gasteiger partial charge < -0.3 is 0 Å². The summed E-state index contributed by atoms with van der Waals surface area (Å²) in [5.41, 5.74) is 1.47. The summed E-state index contributed by atoms with van der Waals surface area (Å²) in [5, 5.41) is 0. The molecular formula is C11H11O3Re. The van der Waals surface area contributed by atoms with Crippen molar-refractivity contribution in [2.75, 3.05) is 0 Å². The van der Waals surface area contributed by atoms with E-state index in [1.807, 2.05) is 0 Å². The average Bonchev–Trinajstić information content (AvgIpc) is 2.80. The molecule has 0 heterocycles. The Morgan fingerprint density at radius 3 is 1.73 bits per heavy atom. The summed E-state index contributed by atoms with van der Waals surface area (Å²) in [6.45, 7) is 15.7. The van der Waals surface area contributed by atoms with E-state index in [9.17, 15) is 0 Å². The molecule has 0 aromatic heterocycles. The Kier molecular flexibility index (Phi) is 46.5. The van der Waals surface area contributed by atoms with Gasteiger partial charge in [0.05, 0.1) is 0 Å². The number of hydrogen-bond acceptors (Lipinski definition) is 0. The topological polar surface area (TPSA) is 59.7 Å². The van der Waals surface area contributed by atoms with E-state index in [2.05, 4.69) is 51.5 Å². The first-order valence-corrected chi connectivity index (χ1v) is 3.75. The second-order valence-corrected chi connectivity index (χ2v) is 2.04. The van der Waals surface area contributed by atoms with Crippen molar-refractivity contribution in [1.29, 1.82) is 0 Å². The molecule has 15 heavy (non-hydrogen) atoms. The van der Waals surface area contributed by atoms with Gasteiger partial charge in [-0.05, 0) is 6.42 Å². The molecule has 1 rings (SSSR count). The first kappa shape index (κ1) is 23.9. The summed E-state index contributed by atoms with van der Waals surface area (Å²) in [6, 6.07) is 0. The summed E-state index contributed by atoms with van der Waals surface area (Å²) >= 11 is 0. The van der Waals surface area contributed by atoms with E-state index < -0.39 is 0 Å². The van der Waals surface area contributed by atoms with Crippen molar-refractivity contribution >= 4 is 0 Å². The van der Waals surface area contributed by atoms with Crippen molar-refractivity contribution < 1.29 is 34.4 Å². The van der Waals surface area contributed by atoms with E-state index in [1.165, 1.54) is 18.4 Å². The van der Waals surface area contributed by atoms with Crippen molar-refractivity contribution in [2.45, 2.75) is 19.8 Å². The standard InChI is InChI=1S/C8H11.3CO.Re/c1-2-5-8-6-3-4-7-8;3*1-2;/h3-4,6-7H,2,5H2,1H3;;;;. The third-order valence-electron chi connectivity index (χ3n) is 1.27. The van der Waals surface area contributed by atoms with Crippen LogP contribution in [0.1, 0.15) is 19.8 Å². The van der Waals surface area contributed by atoms with Crippen LogP contribution in [0.25, 0.3) is 0 Å². The minimum atomic E-state index is 0. The van der Waals surface area contributed by atoms with E-state index in [0.29, 0.717) is 0 Å². The summed E-state index contributed by atoms with van der Waals surface area (Å²) < 4.78 is 22.5. The number of hydrogen-bond donors (Lipinski definition) is 0. The number of allylic oxidation sites excluding steroid dienone is 4. The Morgan fingerprint density at radius 1 is 1.00 bits per heavy atom. The predicted octanol–water partition coefficient (Wildman–Crippen LogP) is 2.37. The minimum Gasteiger partial charge on any atom is 0 e. The molecule has 0 unspecified atom stereocenters. The van der Waals surface area contributed by atoms with Gasteiger partial charge in [0, 0.05) is 26.8 Å². The van der Waals surface area contributed by atoms with Gasteiger partial charge in [0.2, 0.25) is 0 Å². The van der Waals surface area contributed by atoms with Crippen LogP contribution in [0.15, 0.2) is 23.8 Å². The van der Waals surface area contributed by atoms with Crippen molar-refractivity contribution in [2.24, 2.45) is 0 Å². The molecule has 0 spiro atoms. The Hall–Kier alpha value is -0.638. The van der Waals surface area contributed by atoms with Crippen LogP contribution < -0.4 is 0 Å². The zero-order valence-corrected chi connectivity index (χ0v) is 11.0. The molecule has 0 fully saturated rings. The average molecular weight is 377 g/mol. The molecule has 1 aliphatic rings. The molecule has 0 bridgehead atoms. The first-order chi connectivity index (χ1) is 6.93. The largest absolute Gasteiger partial charge is 0 e. The van der Waals surface area contributed by atoms with Gasteiger partial charge in [-0.1, -0.05) is 37.1 Å². The van der Waals surface area contributed by atoms with E-state index in [1.54, 1.807) is 0 Å². The Bertz CT molecular complexity index is 209. The maximum atomic E-state index is 7.50. The maximum Gasteiger partial charge on any atom is 0 e. The second kappa shape index (κ2) is 29.2. The van der Waals surface area contributed by atoms with E-state index >= 15 is 0 Å².